The summed E-state index contributed by atoms with van der Waals surface area (Å²) in [4.78, 5) is 19.7. The van der Waals surface area contributed by atoms with Crippen molar-refractivity contribution in [2.75, 3.05) is 0 Å². The molecule has 84 valence electrons. The number of hydrogen-bond donors (Lipinski definition) is 0. The molecule has 0 fully saturated rings. The van der Waals surface area contributed by atoms with E-state index in [1.165, 1.54) is 17.0 Å². The van der Waals surface area contributed by atoms with E-state index in [9.17, 15) is 4.79 Å². The van der Waals surface area contributed by atoms with E-state index < -0.39 is 0 Å². The lowest BCUT2D eigenvalue weighted by Crippen LogP contribution is -2.21. The van der Waals surface area contributed by atoms with Gasteiger partial charge < -0.3 is 0 Å². The smallest absolute Gasteiger partial charge is 0.253 e. The fraction of sp³-hybridized carbons (Fsp3) is 0.167. The molecule has 0 aliphatic heterocycles. The van der Waals surface area contributed by atoms with Crippen LogP contribution < -0.4 is 5.56 Å². The second kappa shape index (κ2) is 4.58. The van der Waals surface area contributed by atoms with Crippen LogP contribution in [0.2, 0.25) is 0 Å². The summed E-state index contributed by atoms with van der Waals surface area (Å²) in [5, 5.41) is 8.89. The normalized spacial score (nSPS) is 9.88. The molecule has 0 unspecified atom stereocenters. The topological polar surface area (TPSA) is 71.6 Å². The molecule has 0 bridgehead atoms. The molecule has 2 rings (SSSR count). The summed E-state index contributed by atoms with van der Waals surface area (Å²) in [5.41, 5.74) is 1.59. The van der Waals surface area contributed by atoms with Gasteiger partial charge in [0.15, 0.2) is 0 Å². The third-order valence-electron chi connectivity index (χ3n) is 2.35. The number of aryl methyl sites for hydroxylation is 1. The lowest BCUT2D eigenvalue weighted by Gasteiger charge is -2.06. The summed E-state index contributed by atoms with van der Waals surface area (Å²) >= 11 is 0. The molecule has 0 atom stereocenters. The van der Waals surface area contributed by atoms with Crippen molar-refractivity contribution in [3.05, 3.63) is 58.0 Å². The minimum absolute atomic E-state index is 0.134. The van der Waals surface area contributed by atoms with Crippen LogP contribution >= 0.6 is 0 Å². The molecule has 0 aliphatic carbocycles. The second-order valence-electron chi connectivity index (χ2n) is 3.62. The van der Waals surface area contributed by atoms with Crippen LogP contribution in [0.5, 0.6) is 0 Å². The van der Waals surface area contributed by atoms with Gasteiger partial charge in [-0.15, -0.1) is 0 Å². The van der Waals surface area contributed by atoms with Crippen LogP contribution in [0.1, 0.15) is 17.0 Å². The molecular formula is C12H10N4O. The summed E-state index contributed by atoms with van der Waals surface area (Å²) in [6.07, 6.45) is 3.03. The lowest BCUT2D eigenvalue weighted by atomic mass is 10.2. The van der Waals surface area contributed by atoms with Crippen LogP contribution in [0.3, 0.4) is 0 Å². The number of aromatic nitrogens is 3. The Kier molecular flexibility index (Phi) is 2.97. The first kappa shape index (κ1) is 11.0. The first-order chi connectivity index (χ1) is 8.20. The van der Waals surface area contributed by atoms with Crippen LogP contribution in [-0.4, -0.2) is 14.5 Å². The van der Waals surface area contributed by atoms with Crippen LogP contribution in [-0.2, 0) is 6.54 Å². The molecule has 5 heteroatoms. The molecule has 5 nitrogen and oxygen atoms in total. The molecule has 0 saturated carbocycles. The standard InChI is InChI=1S/C12H10N4O/c1-9-5-12(17)16(8-15-9)7-10-3-2-4-14-11(10)6-13/h2-5,8H,7H2,1H3. The number of rotatable bonds is 2. The number of pyridine rings is 1. The van der Waals surface area contributed by atoms with Crippen molar-refractivity contribution in [1.82, 2.24) is 14.5 Å². The van der Waals surface area contributed by atoms with E-state index in [1.807, 2.05) is 6.07 Å². The van der Waals surface area contributed by atoms with Gasteiger partial charge in [-0.25, -0.2) is 9.97 Å². The highest BCUT2D eigenvalue weighted by atomic mass is 16.1. The highest BCUT2D eigenvalue weighted by Gasteiger charge is 2.04. The van der Waals surface area contributed by atoms with E-state index >= 15 is 0 Å². The van der Waals surface area contributed by atoms with Gasteiger partial charge in [0.25, 0.3) is 5.56 Å². The zero-order chi connectivity index (χ0) is 12.3. The Morgan fingerprint density at radius 3 is 3.00 bits per heavy atom. The van der Waals surface area contributed by atoms with Crippen molar-refractivity contribution in [3.63, 3.8) is 0 Å². The molecule has 17 heavy (non-hydrogen) atoms. The Bertz CT molecular complexity index is 639. The van der Waals surface area contributed by atoms with Crippen molar-refractivity contribution in [2.24, 2.45) is 0 Å². The van der Waals surface area contributed by atoms with Crippen LogP contribution in [0.25, 0.3) is 0 Å². The average molecular weight is 226 g/mol. The Balaban J connectivity index is 2.39. The van der Waals surface area contributed by atoms with Gasteiger partial charge in [-0.05, 0) is 13.0 Å². The van der Waals surface area contributed by atoms with Crippen molar-refractivity contribution >= 4 is 0 Å². The van der Waals surface area contributed by atoms with E-state index in [4.69, 9.17) is 5.26 Å². The maximum absolute atomic E-state index is 11.7. The molecular weight excluding hydrogens is 216 g/mol. The number of hydrogen-bond acceptors (Lipinski definition) is 4. The van der Waals surface area contributed by atoms with Gasteiger partial charge in [0.05, 0.1) is 12.9 Å². The van der Waals surface area contributed by atoms with Gasteiger partial charge in [-0.1, -0.05) is 6.07 Å². The molecule has 0 aliphatic rings. The van der Waals surface area contributed by atoms with Gasteiger partial charge in [0.1, 0.15) is 11.8 Å². The Labute approximate surface area is 98.0 Å². The molecule has 0 spiro atoms. The SMILES string of the molecule is Cc1cc(=O)n(Cc2cccnc2C#N)cn1. The van der Waals surface area contributed by atoms with Gasteiger partial charge in [0, 0.05) is 23.5 Å². The number of nitriles is 1. The first-order valence-corrected chi connectivity index (χ1v) is 5.08. The third-order valence-corrected chi connectivity index (χ3v) is 2.35. The van der Waals surface area contributed by atoms with Gasteiger partial charge in [-0.3, -0.25) is 9.36 Å². The molecule has 0 aromatic carbocycles. The van der Waals surface area contributed by atoms with Crippen molar-refractivity contribution in [1.29, 1.82) is 5.26 Å². The first-order valence-electron chi connectivity index (χ1n) is 5.08. The maximum Gasteiger partial charge on any atom is 0.253 e. The fourth-order valence-corrected chi connectivity index (χ4v) is 1.49. The molecule has 2 aromatic heterocycles. The second-order valence-corrected chi connectivity index (χ2v) is 3.62. The number of nitrogens with zero attached hydrogens (tertiary/aromatic N) is 4. The summed E-state index contributed by atoms with van der Waals surface area (Å²) in [7, 11) is 0. The molecule has 0 N–H and O–H groups in total. The quantitative estimate of drug-likeness (QED) is 0.761. The van der Waals surface area contributed by atoms with E-state index in [-0.39, 0.29) is 5.56 Å². The summed E-state index contributed by atoms with van der Waals surface area (Å²) in [6.45, 7) is 2.07. The van der Waals surface area contributed by atoms with Crippen LogP contribution in [0.4, 0.5) is 0 Å². The van der Waals surface area contributed by atoms with E-state index in [0.29, 0.717) is 23.5 Å². The van der Waals surface area contributed by atoms with E-state index in [1.54, 1.807) is 25.3 Å². The highest BCUT2D eigenvalue weighted by Crippen LogP contribution is 2.04. The zero-order valence-corrected chi connectivity index (χ0v) is 9.29. The molecule has 0 saturated heterocycles. The van der Waals surface area contributed by atoms with Crippen molar-refractivity contribution in [2.45, 2.75) is 13.5 Å². The van der Waals surface area contributed by atoms with E-state index in [0.717, 1.165) is 0 Å². The monoisotopic (exact) mass is 226 g/mol. The minimum atomic E-state index is -0.134. The average Bonchev–Trinajstić information content (AvgIpc) is 2.33. The lowest BCUT2D eigenvalue weighted by molar-refractivity contribution is 0.726. The molecule has 2 heterocycles. The van der Waals surface area contributed by atoms with Gasteiger partial charge in [-0.2, -0.15) is 5.26 Å². The summed E-state index contributed by atoms with van der Waals surface area (Å²) in [6, 6.07) is 6.98. The third kappa shape index (κ3) is 2.37. The van der Waals surface area contributed by atoms with Gasteiger partial charge in [0.2, 0.25) is 0 Å². The Hall–Kier alpha value is -2.48. The van der Waals surface area contributed by atoms with Crippen LogP contribution in [0.15, 0.2) is 35.5 Å². The molecule has 2 aromatic rings. The Morgan fingerprint density at radius 2 is 2.29 bits per heavy atom. The van der Waals surface area contributed by atoms with Crippen LogP contribution in [0, 0.1) is 18.3 Å². The Morgan fingerprint density at radius 1 is 1.47 bits per heavy atom. The fourth-order valence-electron chi connectivity index (χ4n) is 1.49. The largest absolute Gasteiger partial charge is 0.295 e. The predicted octanol–water partition coefficient (Wildman–Crippen LogP) is 0.867. The van der Waals surface area contributed by atoms with Crippen molar-refractivity contribution < 1.29 is 0 Å². The minimum Gasteiger partial charge on any atom is -0.295 e. The summed E-state index contributed by atoms with van der Waals surface area (Å²) in [5.74, 6) is 0. The van der Waals surface area contributed by atoms with Gasteiger partial charge >= 0.3 is 0 Å². The summed E-state index contributed by atoms with van der Waals surface area (Å²) < 4.78 is 1.45. The van der Waals surface area contributed by atoms with E-state index in [2.05, 4.69) is 9.97 Å². The highest BCUT2D eigenvalue weighted by molar-refractivity contribution is 5.30. The molecule has 0 amide bonds. The predicted molar refractivity (Wildman–Crippen MR) is 61.3 cm³/mol. The van der Waals surface area contributed by atoms with Crippen molar-refractivity contribution in [3.8, 4) is 6.07 Å². The zero-order valence-electron chi connectivity index (χ0n) is 9.29. The molecule has 0 radical (unpaired) electrons. The maximum atomic E-state index is 11.7.